The monoisotopic (exact) mass is 351 g/mol. The Kier molecular flexibility index (Phi) is 5.07. The van der Waals surface area contributed by atoms with Gasteiger partial charge in [0.25, 0.3) is 0 Å². The molecule has 1 atom stereocenters. The molecule has 0 amide bonds. The maximum atomic E-state index is 12.4. The molecule has 0 aliphatic rings. The van der Waals surface area contributed by atoms with Crippen molar-refractivity contribution in [3.05, 3.63) is 59.5 Å². The third kappa shape index (κ3) is 4.48. The van der Waals surface area contributed by atoms with Crippen LogP contribution in [0.4, 0.5) is 0 Å². The Balaban J connectivity index is 1.86. The van der Waals surface area contributed by atoms with E-state index >= 15 is 0 Å². The molecule has 0 radical (unpaired) electrons. The lowest BCUT2D eigenvalue weighted by atomic mass is 9.91. The molecule has 2 heterocycles. The second-order valence-electron chi connectivity index (χ2n) is 7.69. The molecule has 0 aliphatic carbocycles. The van der Waals surface area contributed by atoms with Gasteiger partial charge in [-0.3, -0.25) is 14.9 Å². The van der Waals surface area contributed by atoms with E-state index in [4.69, 9.17) is 4.74 Å². The van der Waals surface area contributed by atoms with Crippen molar-refractivity contribution in [2.45, 2.75) is 52.1 Å². The van der Waals surface area contributed by atoms with Gasteiger partial charge in [-0.15, -0.1) is 0 Å². The highest BCUT2D eigenvalue weighted by Gasteiger charge is 2.23. The first-order valence-corrected chi connectivity index (χ1v) is 8.87. The number of pyridine rings is 1. The summed E-state index contributed by atoms with van der Waals surface area (Å²) in [5, 5.41) is 8.22. The van der Waals surface area contributed by atoms with Gasteiger partial charge in [0.05, 0.1) is 18.1 Å². The van der Waals surface area contributed by atoms with Crippen molar-refractivity contribution in [3.63, 3.8) is 0 Å². The van der Waals surface area contributed by atoms with Gasteiger partial charge in [0.15, 0.2) is 0 Å². The minimum atomic E-state index is -0.488. The van der Waals surface area contributed by atoms with Gasteiger partial charge in [0, 0.05) is 23.2 Å². The summed E-state index contributed by atoms with van der Waals surface area (Å²) in [4.78, 5) is 16.9. The van der Waals surface area contributed by atoms with Crippen LogP contribution in [-0.2, 0) is 16.0 Å². The second-order valence-corrected chi connectivity index (χ2v) is 7.69. The molecular weight excluding hydrogens is 326 g/mol. The largest absolute Gasteiger partial charge is 0.460 e. The van der Waals surface area contributed by atoms with Crippen LogP contribution in [0.5, 0.6) is 0 Å². The van der Waals surface area contributed by atoms with E-state index in [9.17, 15) is 4.79 Å². The fourth-order valence-electron chi connectivity index (χ4n) is 3.20. The van der Waals surface area contributed by atoms with Crippen LogP contribution < -0.4 is 0 Å². The van der Waals surface area contributed by atoms with Crippen LogP contribution in [0.25, 0.3) is 10.9 Å². The Morgan fingerprint density at radius 3 is 2.77 bits per heavy atom. The number of rotatable bonds is 5. The Bertz CT molecular complexity index is 895. The number of carbonyl (C=O) groups excluding carboxylic acids is 1. The van der Waals surface area contributed by atoms with Crippen molar-refractivity contribution in [1.29, 1.82) is 0 Å². The zero-order valence-corrected chi connectivity index (χ0v) is 15.7. The summed E-state index contributed by atoms with van der Waals surface area (Å²) in [5.74, 6) is -0.232. The van der Waals surface area contributed by atoms with Crippen molar-refractivity contribution in [3.8, 4) is 0 Å². The molecule has 0 saturated carbocycles. The number of H-pyrrole nitrogens is 1. The predicted molar refractivity (Wildman–Crippen MR) is 102 cm³/mol. The highest BCUT2D eigenvalue weighted by atomic mass is 16.6. The fraction of sp³-hybridized carbons (Fsp3) is 0.381. The molecule has 3 rings (SSSR count). The van der Waals surface area contributed by atoms with Gasteiger partial charge in [-0.1, -0.05) is 12.1 Å². The van der Waals surface area contributed by atoms with E-state index in [2.05, 4.69) is 34.2 Å². The number of aromatic amines is 1. The topological polar surface area (TPSA) is 67.9 Å². The number of carbonyl (C=O) groups is 1. The van der Waals surface area contributed by atoms with Crippen molar-refractivity contribution in [2.24, 2.45) is 0 Å². The summed E-state index contributed by atoms with van der Waals surface area (Å²) in [7, 11) is 0. The molecule has 136 valence electrons. The molecule has 2 aromatic heterocycles. The molecule has 26 heavy (non-hydrogen) atoms. The third-order valence-corrected chi connectivity index (χ3v) is 4.23. The zero-order valence-electron chi connectivity index (χ0n) is 15.7. The van der Waals surface area contributed by atoms with Gasteiger partial charge in [-0.25, -0.2) is 0 Å². The Labute approximate surface area is 153 Å². The molecule has 5 heteroatoms. The Morgan fingerprint density at radius 2 is 2.08 bits per heavy atom. The first-order chi connectivity index (χ1) is 12.3. The van der Waals surface area contributed by atoms with E-state index < -0.39 is 5.60 Å². The predicted octanol–water partition coefficient (Wildman–Crippen LogP) is 4.32. The maximum Gasteiger partial charge on any atom is 0.306 e. The molecule has 1 N–H and O–H groups in total. The number of hydrogen-bond acceptors (Lipinski definition) is 4. The van der Waals surface area contributed by atoms with Crippen molar-refractivity contribution in [2.75, 3.05) is 0 Å². The first-order valence-electron chi connectivity index (χ1n) is 8.87. The summed E-state index contributed by atoms with van der Waals surface area (Å²) in [6.07, 6.45) is 4.62. The summed E-state index contributed by atoms with van der Waals surface area (Å²) in [6.45, 7) is 7.72. The van der Waals surface area contributed by atoms with Crippen molar-refractivity contribution < 1.29 is 9.53 Å². The van der Waals surface area contributed by atoms with Crippen LogP contribution in [0.3, 0.4) is 0 Å². The number of benzene rings is 1. The third-order valence-electron chi connectivity index (χ3n) is 4.23. The smallest absolute Gasteiger partial charge is 0.306 e. The van der Waals surface area contributed by atoms with Gasteiger partial charge in [0.1, 0.15) is 5.60 Å². The second kappa shape index (κ2) is 7.28. The minimum Gasteiger partial charge on any atom is -0.460 e. The normalized spacial score (nSPS) is 12.9. The molecule has 3 aromatic rings. The van der Waals surface area contributed by atoms with Crippen LogP contribution in [0.2, 0.25) is 0 Å². The highest BCUT2D eigenvalue weighted by Crippen LogP contribution is 2.27. The van der Waals surface area contributed by atoms with Gasteiger partial charge in [-0.05, 0) is 63.4 Å². The number of ether oxygens (including phenoxy) is 1. The van der Waals surface area contributed by atoms with Gasteiger partial charge in [-0.2, -0.15) is 5.10 Å². The van der Waals surface area contributed by atoms with Crippen LogP contribution >= 0.6 is 0 Å². The molecule has 5 nitrogen and oxygen atoms in total. The molecule has 0 spiro atoms. The SMILES string of the molecule is Cc1cc(CC(CC(=O)OC(C)(C)C)c2ccccn2)cc2cn[nH]c12. The summed E-state index contributed by atoms with van der Waals surface area (Å²) >= 11 is 0. The van der Waals surface area contributed by atoms with Gasteiger partial charge in [0.2, 0.25) is 0 Å². The molecule has 0 saturated heterocycles. The average Bonchev–Trinajstić information content (AvgIpc) is 3.02. The number of nitrogens with zero attached hydrogens (tertiary/aromatic N) is 2. The van der Waals surface area contributed by atoms with E-state index in [0.29, 0.717) is 6.42 Å². The van der Waals surface area contributed by atoms with E-state index in [1.54, 1.807) is 6.20 Å². The van der Waals surface area contributed by atoms with Crippen LogP contribution in [0, 0.1) is 6.92 Å². The number of fused-ring (bicyclic) bond motifs is 1. The molecular formula is C21H25N3O2. The minimum absolute atomic E-state index is 0.0326. The zero-order chi connectivity index (χ0) is 18.7. The van der Waals surface area contributed by atoms with Crippen LogP contribution in [0.15, 0.2) is 42.7 Å². The Hall–Kier alpha value is -2.69. The van der Waals surface area contributed by atoms with Crippen molar-refractivity contribution in [1.82, 2.24) is 15.2 Å². The highest BCUT2D eigenvalue weighted by molar-refractivity contribution is 5.82. The van der Waals surface area contributed by atoms with Crippen LogP contribution in [-0.4, -0.2) is 26.8 Å². The molecule has 1 aromatic carbocycles. The maximum absolute atomic E-state index is 12.4. The standard InChI is InChI=1S/C21H25N3O2/c1-14-9-15(11-17-13-23-24-20(14)17)10-16(18-7-5-6-8-22-18)12-19(25)26-21(2,3)4/h5-9,11,13,16H,10,12H2,1-4H3,(H,23,24). The molecule has 0 fully saturated rings. The van der Waals surface area contributed by atoms with Crippen LogP contribution in [0.1, 0.15) is 49.9 Å². The van der Waals surface area contributed by atoms with E-state index in [-0.39, 0.29) is 11.9 Å². The average molecular weight is 351 g/mol. The number of hydrogen-bond donors (Lipinski definition) is 1. The number of aromatic nitrogens is 3. The van der Waals surface area contributed by atoms with Gasteiger partial charge >= 0.3 is 5.97 Å². The lowest BCUT2D eigenvalue weighted by Gasteiger charge is -2.22. The summed E-state index contributed by atoms with van der Waals surface area (Å²) < 4.78 is 5.53. The Morgan fingerprint density at radius 1 is 1.27 bits per heavy atom. The number of esters is 1. The van der Waals surface area contributed by atoms with E-state index in [1.807, 2.05) is 45.2 Å². The summed E-state index contributed by atoms with van der Waals surface area (Å²) in [5.41, 5.74) is 3.78. The lowest BCUT2D eigenvalue weighted by Crippen LogP contribution is -2.25. The quantitative estimate of drug-likeness (QED) is 0.695. The van der Waals surface area contributed by atoms with E-state index in [0.717, 1.165) is 34.1 Å². The van der Waals surface area contributed by atoms with Gasteiger partial charge < -0.3 is 4.74 Å². The summed E-state index contributed by atoms with van der Waals surface area (Å²) in [6, 6.07) is 10.1. The lowest BCUT2D eigenvalue weighted by molar-refractivity contribution is -0.155. The molecule has 0 bridgehead atoms. The number of aryl methyl sites for hydroxylation is 1. The fourth-order valence-corrected chi connectivity index (χ4v) is 3.20. The van der Waals surface area contributed by atoms with E-state index in [1.165, 1.54) is 0 Å². The molecule has 0 aliphatic heterocycles. The molecule has 1 unspecified atom stereocenters. The first kappa shape index (κ1) is 18.1. The number of nitrogens with one attached hydrogen (secondary N) is 1. The van der Waals surface area contributed by atoms with Crippen molar-refractivity contribution >= 4 is 16.9 Å².